The van der Waals surface area contributed by atoms with Gasteiger partial charge < -0.3 is 9.88 Å². The standard InChI is InChI=1S/C15H12F2N6O2/c16-15(17)5-14(15)6-22(7-14)10-3-9(21-23-2-1-18-11(10)23)8-4-19-13(25)20-12(8)24/h1-4H,5-7H2,(H2,19,20,24,25). The van der Waals surface area contributed by atoms with Crippen LogP contribution in [0.15, 0.2) is 34.2 Å². The largest absolute Gasteiger partial charge is 0.367 e. The lowest BCUT2D eigenvalue weighted by molar-refractivity contribution is 0.0520. The van der Waals surface area contributed by atoms with Gasteiger partial charge >= 0.3 is 5.69 Å². The normalized spacial score (nSPS) is 20.0. The molecule has 10 heteroatoms. The highest BCUT2D eigenvalue weighted by Gasteiger charge is 2.76. The van der Waals surface area contributed by atoms with Crippen LogP contribution in [-0.2, 0) is 0 Å². The average Bonchev–Trinajstić information content (AvgIpc) is 2.88. The van der Waals surface area contributed by atoms with Gasteiger partial charge in [-0.15, -0.1) is 0 Å². The lowest BCUT2D eigenvalue weighted by Gasteiger charge is -2.41. The molecule has 8 nitrogen and oxygen atoms in total. The average molecular weight is 346 g/mol. The number of anilines is 1. The summed E-state index contributed by atoms with van der Waals surface area (Å²) in [6.07, 6.45) is 4.36. The third-order valence-electron chi connectivity index (χ3n) is 4.97. The summed E-state index contributed by atoms with van der Waals surface area (Å²) >= 11 is 0. The highest BCUT2D eigenvalue weighted by molar-refractivity contribution is 5.75. The van der Waals surface area contributed by atoms with Crippen LogP contribution in [0.5, 0.6) is 0 Å². The Morgan fingerprint density at radius 2 is 2.00 bits per heavy atom. The maximum Gasteiger partial charge on any atom is 0.325 e. The Morgan fingerprint density at radius 3 is 2.68 bits per heavy atom. The third kappa shape index (κ3) is 1.90. The van der Waals surface area contributed by atoms with Crippen LogP contribution in [0.2, 0.25) is 0 Å². The van der Waals surface area contributed by atoms with Gasteiger partial charge in [0.1, 0.15) is 5.69 Å². The molecule has 25 heavy (non-hydrogen) atoms. The van der Waals surface area contributed by atoms with Crippen LogP contribution in [0.1, 0.15) is 6.42 Å². The summed E-state index contributed by atoms with van der Waals surface area (Å²) in [5.74, 6) is -2.60. The Bertz CT molecular complexity index is 1120. The Hall–Kier alpha value is -3.04. The van der Waals surface area contributed by atoms with Crippen molar-refractivity contribution in [1.82, 2.24) is 24.6 Å². The van der Waals surface area contributed by atoms with Gasteiger partial charge in [0.05, 0.1) is 16.7 Å². The minimum absolute atomic E-state index is 0.0846. The SMILES string of the molecule is O=c1[nH]cc(-c2cc(N3CC4(C3)CC4(F)F)c3nccn3n2)c(=O)[nH]1. The van der Waals surface area contributed by atoms with Crippen LogP contribution in [0.4, 0.5) is 14.5 Å². The van der Waals surface area contributed by atoms with E-state index in [0.717, 1.165) is 0 Å². The van der Waals surface area contributed by atoms with E-state index in [1.165, 1.54) is 10.7 Å². The van der Waals surface area contributed by atoms with Crippen LogP contribution >= 0.6 is 0 Å². The molecule has 1 spiro atoms. The van der Waals surface area contributed by atoms with E-state index < -0.39 is 22.6 Å². The van der Waals surface area contributed by atoms with E-state index in [1.54, 1.807) is 18.5 Å². The number of alkyl halides is 2. The lowest BCUT2D eigenvalue weighted by Crippen LogP contribution is -2.51. The molecule has 0 aromatic carbocycles. The van der Waals surface area contributed by atoms with Crippen LogP contribution in [-0.4, -0.2) is 43.6 Å². The van der Waals surface area contributed by atoms with Gasteiger partial charge in [0, 0.05) is 38.1 Å². The van der Waals surface area contributed by atoms with Gasteiger partial charge in [-0.05, 0) is 6.07 Å². The summed E-state index contributed by atoms with van der Waals surface area (Å²) in [5, 5.41) is 4.32. The van der Waals surface area contributed by atoms with Crippen molar-refractivity contribution in [3.63, 3.8) is 0 Å². The maximum atomic E-state index is 13.5. The fourth-order valence-corrected chi connectivity index (χ4v) is 3.44. The molecule has 128 valence electrons. The molecule has 1 saturated heterocycles. The van der Waals surface area contributed by atoms with E-state index in [2.05, 4.69) is 20.1 Å². The number of fused-ring (bicyclic) bond motifs is 1. The fourth-order valence-electron chi connectivity index (χ4n) is 3.44. The Balaban J connectivity index is 1.61. The monoisotopic (exact) mass is 346 g/mol. The first-order valence-corrected chi connectivity index (χ1v) is 7.68. The molecule has 2 aliphatic rings. The minimum atomic E-state index is -2.60. The van der Waals surface area contributed by atoms with Crippen molar-refractivity contribution in [2.75, 3.05) is 18.0 Å². The predicted octanol–water partition coefficient (Wildman–Crippen LogP) is 0.618. The van der Waals surface area contributed by atoms with Gasteiger partial charge in [0.2, 0.25) is 0 Å². The highest BCUT2D eigenvalue weighted by Crippen LogP contribution is 2.65. The number of nitrogens with zero attached hydrogens (tertiary/aromatic N) is 4. The van der Waals surface area contributed by atoms with Crippen molar-refractivity contribution in [1.29, 1.82) is 0 Å². The lowest BCUT2D eigenvalue weighted by atomic mass is 9.95. The number of nitrogens with one attached hydrogen (secondary N) is 2. The smallest absolute Gasteiger partial charge is 0.325 e. The summed E-state index contributed by atoms with van der Waals surface area (Å²) in [5.41, 5.74) is -0.439. The number of halogens is 2. The van der Waals surface area contributed by atoms with Crippen molar-refractivity contribution in [3.8, 4) is 11.3 Å². The van der Waals surface area contributed by atoms with Gasteiger partial charge in [-0.3, -0.25) is 9.78 Å². The van der Waals surface area contributed by atoms with Crippen molar-refractivity contribution in [2.24, 2.45) is 5.41 Å². The van der Waals surface area contributed by atoms with Gasteiger partial charge in [0.15, 0.2) is 5.65 Å². The molecule has 1 saturated carbocycles. The second kappa shape index (κ2) is 4.32. The second-order valence-electron chi connectivity index (χ2n) is 6.61. The number of imidazole rings is 1. The van der Waals surface area contributed by atoms with Crippen molar-refractivity contribution >= 4 is 11.3 Å². The molecule has 0 atom stereocenters. The molecule has 3 aromatic rings. The number of hydrogen-bond donors (Lipinski definition) is 2. The van der Waals surface area contributed by atoms with Crippen molar-refractivity contribution < 1.29 is 8.78 Å². The fraction of sp³-hybridized carbons (Fsp3) is 0.333. The number of aromatic nitrogens is 5. The topological polar surface area (TPSA) is 99.2 Å². The molecule has 3 aromatic heterocycles. The number of H-pyrrole nitrogens is 2. The van der Waals surface area contributed by atoms with Crippen LogP contribution in [0.25, 0.3) is 16.9 Å². The van der Waals surface area contributed by atoms with E-state index >= 15 is 0 Å². The third-order valence-corrected chi connectivity index (χ3v) is 4.97. The van der Waals surface area contributed by atoms with Crippen molar-refractivity contribution in [3.05, 3.63) is 45.5 Å². The summed E-state index contributed by atoms with van der Waals surface area (Å²) < 4.78 is 28.4. The van der Waals surface area contributed by atoms with E-state index in [4.69, 9.17) is 0 Å². The van der Waals surface area contributed by atoms with Gasteiger partial charge in [-0.25, -0.2) is 23.1 Å². The zero-order valence-corrected chi connectivity index (χ0v) is 12.8. The summed E-state index contributed by atoms with van der Waals surface area (Å²) in [4.78, 5) is 33.8. The van der Waals surface area contributed by atoms with Gasteiger partial charge in [-0.1, -0.05) is 0 Å². The molecular weight excluding hydrogens is 334 g/mol. The molecule has 1 aliphatic carbocycles. The molecule has 0 radical (unpaired) electrons. The Labute approximate surface area is 138 Å². The summed E-state index contributed by atoms with van der Waals surface area (Å²) in [6, 6.07) is 1.64. The maximum absolute atomic E-state index is 13.5. The number of rotatable bonds is 2. The summed E-state index contributed by atoms with van der Waals surface area (Å²) in [7, 11) is 0. The highest BCUT2D eigenvalue weighted by atomic mass is 19.3. The second-order valence-corrected chi connectivity index (χ2v) is 6.61. The quantitative estimate of drug-likeness (QED) is 0.709. The molecule has 0 bridgehead atoms. The zero-order chi connectivity index (χ0) is 17.4. The first-order valence-electron chi connectivity index (χ1n) is 7.68. The van der Waals surface area contributed by atoms with Crippen LogP contribution < -0.4 is 16.1 Å². The molecule has 4 heterocycles. The first-order chi connectivity index (χ1) is 11.9. The zero-order valence-electron chi connectivity index (χ0n) is 12.8. The molecular formula is C15H12F2N6O2. The molecule has 1 aliphatic heterocycles. The minimum Gasteiger partial charge on any atom is -0.367 e. The van der Waals surface area contributed by atoms with Gasteiger partial charge in [0.25, 0.3) is 11.5 Å². The number of aromatic amines is 2. The molecule has 2 fully saturated rings. The van der Waals surface area contributed by atoms with Crippen LogP contribution in [0, 0.1) is 5.41 Å². The first kappa shape index (κ1) is 14.3. The van der Waals surface area contributed by atoms with E-state index in [0.29, 0.717) is 17.0 Å². The molecule has 5 rings (SSSR count). The summed E-state index contributed by atoms with van der Waals surface area (Å²) in [6.45, 7) is 0.488. The van der Waals surface area contributed by atoms with E-state index in [1.807, 2.05) is 4.90 Å². The number of hydrogen-bond acceptors (Lipinski definition) is 5. The van der Waals surface area contributed by atoms with Gasteiger partial charge in [-0.2, -0.15) is 5.10 Å². The predicted molar refractivity (Wildman–Crippen MR) is 83.9 cm³/mol. The Kier molecular flexibility index (Phi) is 2.47. The Morgan fingerprint density at radius 1 is 1.24 bits per heavy atom. The molecule has 0 amide bonds. The van der Waals surface area contributed by atoms with Crippen LogP contribution in [0.3, 0.4) is 0 Å². The van der Waals surface area contributed by atoms with E-state index in [9.17, 15) is 18.4 Å². The van der Waals surface area contributed by atoms with E-state index in [-0.39, 0.29) is 25.1 Å². The molecule has 0 unspecified atom stereocenters. The molecule has 2 N–H and O–H groups in total. The van der Waals surface area contributed by atoms with Crippen molar-refractivity contribution in [2.45, 2.75) is 12.3 Å².